The molecule has 25 heavy (non-hydrogen) atoms. The summed E-state index contributed by atoms with van der Waals surface area (Å²) < 4.78 is 0. The number of halogens is 1. The summed E-state index contributed by atoms with van der Waals surface area (Å²) in [6, 6.07) is 15.5. The largest absolute Gasteiger partial charge is 0.346 e. The highest BCUT2D eigenvalue weighted by atomic mass is 35.5. The molecule has 0 saturated carbocycles. The Morgan fingerprint density at radius 1 is 1.16 bits per heavy atom. The summed E-state index contributed by atoms with van der Waals surface area (Å²) in [6.45, 7) is 1.92. The zero-order valence-electron chi connectivity index (χ0n) is 13.8. The molecule has 0 aliphatic carbocycles. The minimum absolute atomic E-state index is 0.00722. The number of amides is 1. The van der Waals surface area contributed by atoms with Gasteiger partial charge in [0.1, 0.15) is 11.2 Å². The number of nitrogens with zero attached hydrogens (tertiary/aromatic N) is 1. The topological polar surface area (TPSA) is 57.8 Å². The van der Waals surface area contributed by atoms with E-state index in [0.717, 1.165) is 34.8 Å². The van der Waals surface area contributed by atoms with Gasteiger partial charge in [-0.1, -0.05) is 41.9 Å². The lowest BCUT2D eigenvalue weighted by Gasteiger charge is -2.28. The van der Waals surface area contributed by atoms with Gasteiger partial charge < -0.3 is 10.3 Å². The summed E-state index contributed by atoms with van der Waals surface area (Å²) in [5.41, 5.74) is 3.02. The highest BCUT2D eigenvalue weighted by molar-refractivity contribution is 6.31. The maximum atomic E-state index is 13.1. The van der Waals surface area contributed by atoms with E-state index in [4.69, 9.17) is 11.6 Å². The second-order valence-electron chi connectivity index (χ2n) is 6.41. The number of rotatable bonds is 4. The van der Waals surface area contributed by atoms with Gasteiger partial charge in [-0.2, -0.15) is 0 Å². The van der Waals surface area contributed by atoms with Crippen molar-refractivity contribution in [3.8, 4) is 0 Å². The molecule has 1 aliphatic heterocycles. The number of anilines is 1. The highest BCUT2D eigenvalue weighted by Gasteiger charge is 2.47. The Labute approximate surface area is 151 Å². The molecule has 0 spiro atoms. The number of fused-ring (bicyclic) bond motifs is 1. The Bertz CT molecular complexity index is 935. The normalized spacial score (nSPS) is 18.9. The summed E-state index contributed by atoms with van der Waals surface area (Å²) in [5, 5.41) is 3.66. The molecular formula is C20H18ClN3O. The van der Waals surface area contributed by atoms with Gasteiger partial charge in [0, 0.05) is 22.6 Å². The van der Waals surface area contributed by atoms with Crippen molar-refractivity contribution in [2.45, 2.75) is 25.2 Å². The summed E-state index contributed by atoms with van der Waals surface area (Å²) in [7, 11) is 0. The third-order valence-electron chi connectivity index (χ3n) is 4.87. The molecule has 1 unspecified atom stereocenters. The van der Waals surface area contributed by atoms with E-state index in [9.17, 15) is 4.79 Å². The average molecular weight is 352 g/mol. The van der Waals surface area contributed by atoms with Gasteiger partial charge in [0.15, 0.2) is 0 Å². The summed E-state index contributed by atoms with van der Waals surface area (Å²) in [6.07, 6.45) is 3.19. The molecule has 2 heterocycles. The van der Waals surface area contributed by atoms with Gasteiger partial charge in [0.25, 0.3) is 0 Å². The van der Waals surface area contributed by atoms with Crippen LogP contribution in [0.15, 0.2) is 54.7 Å². The molecule has 0 radical (unpaired) electrons. The van der Waals surface area contributed by atoms with Crippen molar-refractivity contribution < 1.29 is 4.79 Å². The SMILES string of the molecule is Cc1ncc(CCC2(c3ccccc3)C(=O)Nc3ccc(Cl)cc32)[nH]1. The maximum Gasteiger partial charge on any atom is 0.239 e. The summed E-state index contributed by atoms with van der Waals surface area (Å²) >= 11 is 6.25. The van der Waals surface area contributed by atoms with Crippen LogP contribution >= 0.6 is 11.6 Å². The number of imidazole rings is 1. The van der Waals surface area contributed by atoms with Gasteiger partial charge in [-0.15, -0.1) is 0 Å². The predicted octanol–water partition coefficient (Wildman–Crippen LogP) is 4.24. The highest BCUT2D eigenvalue weighted by Crippen LogP contribution is 2.46. The minimum Gasteiger partial charge on any atom is -0.346 e. The molecule has 0 fully saturated rings. The van der Waals surface area contributed by atoms with Crippen LogP contribution in [0, 0.1) is 6.92 Å². The molecule has 2 N–H and O–H groups in total. The first kappa shape index (κ1) is 15.9. The van der Waals surface area contributed by atoms with E-state index >= 15 is 0 Å². The van der Waals surface area contributed by atoms with Crippen LogP contribution in [-0.2, 0) is 16.6 Å². The first-order chi connectivity index (χ1) is 12.1. The Hall–Kier alpha value is -2.59. The standard InChI is InChI=1S/C20H18ClN3O/c1-13-22-12-16(23-13)9-10-20(14-5-3-2-4-6-14)17-11-15(21)7-8-18(17)24-19(20)25/h2-8,11-12H,9-10H2,1H3,(H,22,23)(H,24,25). The van der Waals surface area contributed by atoms with Gasteiger partial charge in [-0.3, -0.25) is 4.79 Å². The summed E-state index contributed by atoms with van der Waals surface area (Å²) in [5.74, 6) is 0.871. The number of carbonyl (C=O) groups is 1. The molecule has 1 aromatic heterocycles. The van der Waals surface area contributed by atoms with Gasteiger partial charge in [0.05, 0.1) is 0 Å². The van der Waals surface area contributed by atoms with Crippen molar-refractivity contribution in [3.63, 3.8) is 0 Å². The number of H-pyrrole nitrogens is 1. The number of aromatic amines is 1. The van der Waals surface area contributed by atoms with Crippen molar-refractivity contribution in [1.29, 1.82) is 0 Å². The second-order valence-corrected chi connectivity index (χ2v) is 6.85. The lowest BCUT2D eigenvalue weighted by atomic mass is 9.72. The van der Waals surface area contributed by atoms with E-state index in [1.54, 1.807) is 6.07 Å². The average Bonchev–Trinajstić information content (AvgIpc) is 3.15. The Kier molecular flexibility index (Phi) is 3.85. The number of aryl methyl sites for hydroxylation is 2. The molecule has 4 rings (SSSR count). The van der Waals surface area contributed by atoms with Gasteiger partial charge in [-0.05, 0) is 49.1 Å². The molecule has 126 valence electrons. The van der Waals surface area contributed by atoms with Crippen molar-refractivity contribution in [1.82, 2.24) is 9.97 Å². The second kappa shape index (κ2) is 6.05. The quantitative estimate of drug-likeness (QED) is 0.738. The third-order valence-corrected chi connectivity index (χ3v) is 5.10. The number of nitrogens with one attached hydrogen (secondary N) is 2. The van der Waals surface area contributed by atoms with Crippen LogP contribution in [0.5, 0.6) is 0 Å². The number of benzene rings is 2. The first-order valence-electron chi connectivity index (χ1n) is 8.27. The van der Waals surface area contributed by atoms with E-state index in [0.29, 0.717) is 11.4 Å². The van der Waals surface area contributed by atoms with E-state index in [-0.39, 0.29) is 5.91 Å². The van der Waals surface area contributed by atoms with E-state index in [1.165, 1.54) is 0 Å². The zero-order valence-corrected chi connectivity index (χ0v) is 14.6. The molecule has 1 amide bonds. The van der Waals surface area contributed by atoms with Crippen LogP contribution in [0.1, 0.15) is 29.1 Å². The number of carbonyl (C=O) groups excluding carboxylic acids is 1. The van der Waals surface area contributed by atoms with Crippen LogP contribution in [0.2, 0.25) is 5.02 Å². The zero-order chi connectivity index (χ0) is 17.4. The van der Waals surface area contributed by atoms with E-state index in [1.807, 2.05) is 55.6 Å². The molecule has 1 atom stereocenters. The minimum atomic E-state index is -0.749. The fraction of sp³-hybridized carbons (Fsp3) is 0.200. The molecular weight excluding hydrogens is 334 g/mol. The molecule has 0 saturated heterocycles. The molecule has 0 bridgehead atoms. The maximum absolute atomic E-state index is 13.1. The predicted molar refractivity (Wildman–Crippen MR) is 98.9 cm³/mol. The molecule has 5 heteroatoms. The Balaban J connectivity index is 1.83. The van der Waals surface area contributed by atoms with Gasteiger partial charge >= 0.3 is 0 Å². The van der Waals surface area contributed by atoms with Gasteiger partial charge in [-0.25, -0.2) is 4.98 Å². The third kappa shape index (κ3) is 2.63. The van der Waals surface area contributed by atoms with Crippen LogP contribution < -0.4 is 5.32 Å². The lowest BCUT2D eigenvalue weighted by molar-refractivity contribution is -0.119. The molecule has 4 nitrogen and oxygen atoms in total. The lowest BCUT2D eigenvalue weighted by Crippen LogP contribution is -2.36. The van der Waals surface area contributed by atoms with Crippen molar-refractivity contribution >= 4 is 23.2 Å². The number of hydrogen-bond acceptors (Lipinski definition) is 2. The molecule has 1 aliphatic rings. The first-order valence-corrected chi connectivity index (χ1v) is 8.65. The fourth-order valence-corrected chi connectivity index (χ4v) is 3.82. The van der Waals surface area contributed by atoms with Crippen LogP contribution in [0.3, 0.4) is 0 Å². The number of hydrogen-bond donors (Lipinski definition) is 2. The van der Waals surface area contributed by atoms with Gasteiger partial charge in [0.2, 0.25) is 5.91 Å². The van der Waals surface area contributed by atoms with E-state index < -0.39 is 5.41 Å². The number of aromatic nitrogens is 2. The van der Waals surface area contributed by atoms with Crippen molar-refractivity contribution in [2.24, 2.45) is 0 Å². The molecule has 2 aromatic carbocycles. The van der Waals surface area contributed by atoms with Crippen molar-refractivity contribution in [2.75, 3.05) is 5.32 Å². The smallest absolute Gasteiger partial charge is 0.239 e. The van der Waals surface area contributed by atoms with Crippen LogP contribution in [0.4, 0.5) is 5.69 Å². The van der Waals surface area contributed by atoms with Crippen LogP contribution in [0.25, 0.3) is 0 Å². The monoisotopic (exact) mass is 351 g/mol. The van der Waals surface area contributed by atoms with Crippen LogP contribution in [-0.4, -0.2) is 15.9 Å². The van der Waals surface area contributed by atoms with E-state index in [2.05, 4.69) is 15.3 Å². The Morgan fingerprint density at radius 2 is 1.96 bits per heavy atom. The van der Waals surface area contributed by atoms with Crippen molar-refractivity contribution in [3.05, 3.63) is 82.4 Å². The Morgan fingerprint density at radius 3 is 2.68 bits per heavy atom. The summed E-state index contributed by atoms with van der Waals surface area (Å²) in [4.78, 5) is 20.6. The fourth-order valence-electron chi connectivity index (χ4n) is 3.65. The molecule has 3 aromatic rings.